The van der Waals surface area contributed by atoms with E-state index < -0.39 is 0 Å². The molecule has 0 aliphatic heterocycles. The lowest BCUT2D eigenvalue weighted by molar-refractivity contribution is 0.317. The smallest absolute Gasteiger partial charge is 0.0868 e. The predicted molar refractivity (Wildman–Crippen MR) is 89.0 cm³/mol. The second-order valence-electron chi connectivity index (χ2n) is 5.71. The molecule has 1 N–H and O–H groups in total. The van der Waals surface area contributed by atoms with Gasteiger partial charge in [-0.3, -0.25) is 4.98 Å². The zero-order valence-electron chi connectivity index (χ0n) is 13.4. The van der Waals surface area contributed by atoms with E-state index in [0.717, 1.165) is 24.1 Å². The standard InChI is InChI=1S/C18H30N2O/c1-2-3-4-5-6-7-8-9-10-11-12-18(20-21)17-13-15-19-16-14-17/h13-16,21H,2-12H2,1H3/b20-18-. The van der Waals surface area contributed by atoms with E-state index >= 15 is 0 Å². The van der Waals surface area contributed by atoms with Crippen LogP contribution in [0.2, 0.25) is 0 Å². The van der Waals surface area contributed by atoms with Gasteiger partial charge in [-0.25, -0.2) is 0 Å². The van der Waals surface area contributed by atoms with E-state index in [9.17, 15) is 0 Å². The van der Waals surface area contributed by atoms with Gasteiger partial charge in [0, 0.05) is 18.0 Å². The molecule has 0 saturated carbocycles. The lowest BCUT2D eigenvalue weighted by Crippen LogP contribution is -2.01. The van der Waals surface area contributed by atoms with Crippen LogP contribution in [0.15, 0.2) is 29.7 Å². The fraction of sp³-hybridized carbons (Fsp3) is 0.667. The lowest BCUT2D eigenvalue weighted by atomic mass is 10.0. The second-order valence-corrected chi connectivity index (χ2v) is 5.71. The number of nitrogens with zero attached hydrogens (tertiary/aromatic N) is 2. The summed E-state index contributed by atoms with van der Waals surface area (Å²) < 4.78 is 0. The Balaban J connectivity index is 2.01. The van der Waals surface area contributed by atoms with Crippen LogP contribution in [0.1, 0.15) is 83.1 Å². The normalized spacial score (nSPS) is 11.8. The van der Waals surface area contributed by atoms with Crippen molar-refractivity contribution in [2.24, 2.45) is 5.16 Å². The van der Waals surface area contributed by atoms with Crippen molar-refractivity contribution < 1.29 is 5.21 Å². The number of pyridine rings is 1. The molecular weight excluding hydrogens is 260 g/mol. The molecule has 1 heterocycles. The van der Waals surface area contributed by atoms with E-state index in [1.807, 2.05) is 12.1 Å². The fourth-order valence-corrected chi connectivity index (χ4v) is 2.58. The largest absolute Gasteiger partial charge is 0.411 e. The number of aromatic nitrogens is 1. The summed E-state index contributed by atoms with van der Waals surface area (Å²) in [7, 11) is 0. The number of hydrogen-bond acceptors (Lipinski definition) is 3. The van der Waals surface area contributed by atoms with Gasteiger partial charge >= 0.3 is 0 Å². The van der Waals surface area contributed by atoms with Gasteiger partial charge in [-0.2, -0.15) is 0 Å². The van der Waals surface area contributed by atoms with Crippen LogP contribution in [-0.2, 0) is 0 Å². The minimum atomic E-state index is 0.775. The number of oxime groups is 1. The molecule has 21 heavy (non-hydrogen) atoms. The van der Waals surface area contributed by atoms with Gasteiger partial charge in [0.15, 0.2) is 0 Å². The number of rotatable bonds is 12. The Morgan fingerprint density at radius 3 is 1.95 bits per heavy atom. The Hall–Kier alpha value is -1.38. The van der Waals surface area contributed by atoms with Crippen molar-refractivity contribution in [3.63, 3.8) is 0 Å². The summed E-state index contributed by atoms with van der Waals surface area (Å²) in [6.07, 6.45) is 17.5. The highest BCUT2D eigenvalue weighted by molar-refractivity contribution is 5.99. The molecule has 1 aromatic rings. The van der Waals surface area contributed by atoms with Crippen LogP contribution >= 0.6 is 0 Å². The maximum atomic E-state index is 9.09. The maximum absolute atomic E-state index is 9.09. The maximum Gasteiger partial charge on any atom is 0.0868 e. The third kappa shape index (κ3) is 8.49. The van der Waals surface area contributed by atoms with Gasteiger partial charge in [-0.15, -0.1) is 0 Å². The molecule has 0 aliphatic rings. The highest BCUT2D eigenvalue weighted by Gasteiger charge is 2.03. The molecule has 0 amide bonds. The molecule has 0 atom stereocenters. The molecule has 0 bridgehead atoms. The van der Waals surface area contributed by atoms with Crippen LogP contribution < -0.4 is 0 Å². The number of hydrogen-bond donors (Lipinski definition) is 1. The van der Waals surface area contributed by atoms with Crippen molar-refractivity contribution >= 4 is 5.71 Å². The Morgan fingerprint density at radius 2 is 1.43 bits per heavy atom. The zero-order valence-corrected chi connectivity index (χ0v) is 13.4. The van der Waals surface area contributed by atoms with E-state index in [1.54, 1.807) is 12.4 Å². The summed E-state index contributed by atoms with van der Waals surface area (Å²) in [5.74, 6) is 0. The topological polar surface area (TPSA) is 45.5 Å². The molecule has 118 valence electrons. The minimum Gasteiger partial charge on any atom is -0.411 e. The molecule has 0 aromatic carbocycles. The lowest BCUT2D eigenvalue weighted by Gasteiger charge is -2.05. The van der Waals surface area contributed by atoms with Crippen LogP contribution in [0.3, 0.4) is 0 Å². The summed E-state index contributed by atoms with van der Waals surface area (Å²) in [6.45, 7) is 2.26. The molecule has 1 aromatic heterocycles. The van der Waals surface area contributed by atoms with Gasteiger partial charge in [0.1, 0.15) is 0 Å². The zero-order chi connectivity index (χ0) is 15.2. The second kappa shape index (κ2) is 12.4. The van der Waals surface area contributed by atoms with Crippen LogP contribution in [0, 0.1) is 0 Å². The van der Waals surface area contributed by atoms with Gasteiger partial charge in [-0.05, 0) is 25.0 Å². The average Bonchev–Trinajstić information content (AvgIpc) is 2.54. The Kier molecular flexibility index (Phi) is 10.4. The van der Waals surface area contributed by atoms with Gasteiger partial charge in [0.2, 0.25) is 0 Å². The molecule has 3 heteroatoms. The van der Waals surface area contributed by atoms with Gasteiger partial charge < -0.3 is 5.21 Å². The van der Waals surface area contributed by atoms with Crippen LogP contribution in [-0.4, -0.2) is 15.9 Å². The van der Waals surface area contributed by atoms with E-state index in [-0.39, 0.29) is 0 Å². The Bertz CT molecular complexity index is 376. The fourth-order valence-electron chi connectivity index (χ4n) is 2.58. The van der Waals surface area contributed by atoms with Crippen molar-refractivity contribution in [1.82, 2.24) is 4.98 Å². The number of unbranched alkanes of at least 4 members (excludes halogenated alkanes) is 9. The summed E-state index contributed by atoms with van der Waals surface area (Å²) >= 11 is 0. The first-order valence-electron chi connectivity index (χ1n) is 8.49. The van der Waals surface area contributed by atoms with Crippen LogP contribution in [0.25, 0.3) is 0 Å². The highest BCUT2D eigenvalue weighted by Crippen LogP contribution is 2.13. The van der Waals surface area contributed by atoms with Gasteiger partial charge in [0.25, 0.3) is 0 Å². The summed E-state index contributed by atoms with van der Waals surface area (Å²) in [6, 6.07) is 3.79. The van der Waals surface area contributed by atoms with E-state index in [1.165, 1.54) is 57.8 Å². The third-order valence-corrected chi connectivity index (χ3v) is 3.90. The average molecular weight is 290 g/mol. The minimum absolute atomic E-state index is 0.775. The first kappa shape index (κ1) is 17.7. The monoisotopic (exact) mass is 290 g/mol. The molecule has 1 rings (SSSR count). The molecule has 3 nitrogen and oxygen atoms in total. The van der Waals surface area contributed by atoms with Gasteiger partial charge in [0.05, 0.1) is 5.71 Å². The van der Waals surface area contributed by atoms with E-state index in [2.05, 4.69) is 17.1 Å². The molecule has 0 aliphatic carbocycles. The predicted octanol–water partition coefficient (Wildman–Crippen LogP) is 5.57. The van der Waals surface area contributed by atoms with Crippen molar-refractivity contribution in [3.05, 3.63) is 30.1 Å². The quantitative estimate of drug-likeness (QED) is 0.237. The SMILES string of the molecule is CCCCCCCCCCCC/C(=N/O)c1ccncc1. The summed E-state index contributed by atoms with van der Waals surface area (Å²) in [4.78, 5) is 3.98. The van der Waals surface area contributed by atoms with Crippen molar-refractivity contribution in [2.75, 3.05) is 0 Å². The van der Waals surface area contributed by atoms with Crippen molar-refractivity contribution in [2.45, 2.75) is 77.6 Å². The summed E-state index contributed by atoms with van der Waals surface area (Å²) in [5.41, 5.74) is 1.75. The molecule has 0 radical (unpaired) electrons. The van der Waals surface area contributed by atoms with Crippen molar-refractivity contribution in [1.29, 1.82) is 0 Å². The molecule has 0 saturated heterocycles. The molecular formula is C18H30N2O. The summed E-state index contributed by atoms with van der Waals surface area (Å²) in [5, 5.41) is 12.5. The molecule has 0 unspecified atom stereocenters. The molecule has 0 fully saturated rings. The van der Waals surface area contributed by atoms with Crippen molar-refractivity contribution in [3.8, 4) is 0 Å². The Morgan fingerprint density at radius 1 is 0.905 bits per heavy atom. The van der Waals surface area contributed by atoms with E-state index in [0.29, 0.717) is 0 Å². The van der Waals surface area contributed by atoms with Crippen LogP contribution in [0.4, 0.5) is 0 Å². The first-order valence-corrected chi connectivity index (χ1v) is 8.49. The Labute approximate surface area is 129 Å². The highest BCUT2D eigenvalue weighted by atomic mass is 16.4. The van der Waals surface area contributed by atoms with Gasteiger partial charge in [-0.1, -0.05) is 69.9 Å². The first-order chi connectivity index (χ1) is 10.4. The third-order valence-electron chi connectivity index (χ3n) is 3.90. The molecule has 0 spiro atoms. The van der Waals surface area contributed by atoms with E-state index in [4.69, 9.17) is 5.21 Å². The van der Waals surface area contributed by atoms with Crippen LogP contribution in [0.5, 0.6) is 0 Å².